The molecule has 0 aromatic heterocycles. The predicted octanol–water partition coefficient (Wildman–Crippen LogP) is 7.18. The van der Waals surface area contributed by atoms with E-state index in [0.29, 0.717) is 0 Å². The van der Waals surface area contributed by atoms with Gasteiger partial charge in [-0.2, -0.15) is 0 Å². The molecule has 0 aliphatic rings. The Morgan fingerprint density at radius 2 is 0.651 bits per heavy atom. The fourth-order valence-corrected chi connectivity index (χ4v) is 17.8. The average Bonchev–Trinajstić information content (AvgIpc) is 2.83. The van der Waals surface area contributed by atoms with Crippen LogP contribution in [0.4, 0.5) is 0 Å². The van der Waals surface area contributed by atoms with Gasteiger partial charge in [0.2, 0.25) is 0 Å². The van der Waals surface area contributed by atoms with Gasteiger partial charge in [-0.25, -0.2) is 0 Å². The van der Waals surface area contributed by atoms with Crippen molar-refractivity contribution in [3.8, 4) is 17.2 Å². The molecule has 0 bridgehead atoms. The van der Waals surface area contributed by atoms with E-state index in [9.17, 15) is 0 Å². The summed E-state index contributed by atoms with van der Waals surface area (Å²) < 4.78 is 24.6. The zero-order chi connectivity index (χ0) is 32.5. The summed E-state index contributed by atoms with van der Waals surface area (Å²) in [6, 6.07) is 21.2. The van der Waals surface area contributed by atoms with Crippen molar-refractivity contribution in [3.63, 3.8) is 0 Å². The molecule has 0 heterocycles. The molecule has 0 atom stereocenters. The second-order valence-corrected chi connectivity index (χ2v) is 30.9. The number of hydrogen-bond acceptors (Lipinski definition) is 3. The van der Waals surface area contributed by atoms with Gasteiger partial charge in [-0.05, 0) is 0 Å². The van der Waals surface area contributed by atoms with E-state index in [1.807, 2.05) is 0 Å². The van der Waals surface area contributed by atoms with Gasteiger partial charge in [0.15, 0.2) is 0 Å². The van der Waals surface area contributed by atoms with Crippen molar-refractivity contribution in [3.05, 3.63) is 71.3 Å². The van der Waals surface area contributed by atoms with E-state index < -0.39 is 48.9 Å². The Kier molecular flexibility index (Phi) is 11.7. The minimum absolute atomic E-state index is 0.0389. The average molecular weight is 831 g/mol. The first-order valence-electron chi connectivity index (χ1n) is 15.9. The quantitative estimate of drug-likeness (QED) is 0.214. The second kappa shape index (κ2) is 13.9. The van der Waals surface area contributed by atoms with Crippen LogP contribution in [0, 0.1) is 0 Å². The van der Waals surface area contributed by atoms with Crippen molar-refractivity contribution in [1.29, 1.82) is 0 Å². The molecule has 43 heavy (non-hydrogen) atoms. The van der Waals surface area contributed by atoms with Crippen LogP contribution in [-0.4, -0.2) is 48.9 Å². The van der Waals surface area contributed by atoms with Crippen LogP contribution in [0.25, 0.3) is 0 Å². The topological polar surface area (TPSA) is 27.7 Å². The van der Waals surface area contributed by atoms with Crippen LogP contribution in [0.1, 0.15) is 79.0 Å². The molecule has 3 nitrogen and oxygen atoms in total. The fourth-order valence-electron chi connectivity index (χ4n) is 4.93. The van der Waals surface area contributed by atoms with E-state index in [1.54, 1.807) is 0 Å². The predicted molar refractivity (Wildman–Crippen MR) is 199 cm³/mol. The van der Waals surface area contributed by atoms with Crippen LogP contribution >= 0.6 is 0 Å². The summed E-state index contributed by atoms with van der Waals surface area (Å²) in [5.41, 5.74) is 4.06. The standard InChI is InChI=1S/3C12H19OSi.Bi/c3*1-12(2,3)10-7-6-8-11(9-10)13-14(4)5;/h3*6-7,9,14H,1-5H3;. The summed E-state index contributed by atoms with van der Waals surface area (Å²) in [5.74, 6) is 3.23. The summed E-state index contributed by atoms with van der Waals surface area (Å²) in [7, 11) is -4.14. The molecule has 0 aliphatic carbocycles. The Bertz CT molecular complexity index is 1230. The molecular weight excluding hydrogens is 774 g/mol. The molecule has 0 amide bonds. The Labute approximate surface area is 276 Å². The summed E-state index contributed by atoms with van der Waals surface area (Å²) in [4.78, 5) is 0. The number of hydrogen-bond donors (Lipinski definition) is 0. The van der Waals surface area contributed by atoms with Crippen LogP contribution in [0.15, 0.2) is 54.6 Å². The van der Waals surface area contributed by atoms with E-state index in [1.165, 1.54) is 26.5 Å². The Hall–Kier alpha value is -1.41. The molecule has 3 aromatic rings. The van der Waals surface area contributed by atoms with Gasteiger partial charge >= 0.3 is 278 Å². The van der Waals surface area contributed by atoms with E-state index in [2.05, 4.69) is 156 Å². The van der Waals surface area contributed by atoms with Gasteiger partial charge < -0.3 is 0 Å². The van der Waals surface area contributed by atoms with Crippen molar-refractivity contribution >= 4 is 58.7 Å². The minimum atomic E-state index is -3.08. The van der Waals surface area contributed by atoms with Gasteiger partial charge in [0, 0.05) is 0 Å². The molecule has 7 heteroatoms. The van der Waals surface area contributed by atoms with Crippen molar-refractivity contribution in [1.82, 2.24) is 0 Å². The van der Waals surface area contributed by atoms with Gasteiger partial charge in [0.05, 0.1) is 0 Å². The number of benzene rings is 3. The van der Waals surface area contributed by atoms with E-state index >= 15 is 0 Å². The van der Waals surface area contributed by atoms with Gasteiger partial charge in [-0.1, -0.05) is 0 Å². The molecule has 0 unspecified atom stereocenters. The molecule has 3 rings (SSSR count). The van der Waals surface area contributed by atoms with Gasteiger partial charge in [0.1, 0.15) is 0 Å². The third kappa shape index (κ3) is 9.54. The molecule has 0 saturated carbocycles. The molecule has 236 valence electrons. The first kappa shape index (κ1) is 36.1. The van der Waals surface area contributed by atoms with E-state index in [-0.39, 0.29) is 16.2 Å². The van der Waals surface area contributed by atoms with Crippen molar-refractivity contribution < 1.29 is 13.3 Å². The fraction of sp³-hybridized carbons (Fsp3) is 0.500. The summed E-state index contributed by atoms with van der Waals surface area (Å²) in [6.07, 6.45) is 0. The zero-order valence-corrected chi connectivity index (χ0v) is 36.5. The molecule has 3 aromatic carbocycles. The van der Waals surface area contributed by atoms with E-state index in [0.717, 1.165) is 17.2 Å². The second-order valence-electron chi connectivity index (χ2n) is 15.6. The molecule has 0 N–H and O–H groups in total. The maximum absolute atomic E-state index is 6.83. The van der Waals surface area contributed by atoms with Gasteiger partial charge in [-0.15, -0.1) is 0 Å². The molecular formula is C36H57BiO3Si3. The van der Waals surface area contributed by atoms with Crippen LogP contribution in [0.5, 0.6) is 17.2 Å². The maximum atomic E-state index is 6.83. The molecule has 0 aliphatic heterocycles. The Balaban J connectivity index is 2.48. The summed E-state index contributed by atoms with van der Waals surface area (Å²) >= 11 is -3.08. The first-order chi connectivity index (χ1) is 19.7. The summed E-state index contributed by atoms with van der Waals surface area (Å²) in [5, 5.41) is 0. The van der Waals surface area contributed by atoms with Gasteiger partial charge in [-0.3, -0.25) is 0 Å². The Morgan fingerprint density at radius 1 is 0.419 bits per heavy atom. The molecule has 0 fully saturated rings. The monoisotopic (exact) mass is 830 g/mol. The van der Waals surface area contributed by atoms with Crippen molar-refractivity contribution in [2.24, 2.45) is 0 Å². The van der Waals surface area contributed by atoms with E-state index in [4.69, 9.17) is 13.3 Å². The molecule has 0 radical (unpaired) electrons. The summed E-state index contributed by atoms with van der Waals surface area (Å²) in [6.45, 7) is 34.2. The van der Waals surface area contributed by atoms with Crippen LogP contribution < -0.4 is 23.1 Å². The molecule has 0 spiro atoms. The van der Waals surface area contributed by atoms with Crippen LogP contribution in [-0.2, 0) is 16.2 Å². The van der Waals surface area contributed by atoms with Crippen LogP contribution in [0.3, 0.4) is 0 Å². The molecule has 0 saturated heterocycles. The first-order valence-corrected chi connectivity index (χ1v) is 29.5. The SMILES string of the molecule is C[SiH](C)Oc1cc(C(C)(C)C)cc[c]1[Bi]([c]1ccc(C(C)(C)C)cc1O[SiH](C)C)[c]1ccc(C(C)(C)C)cc1O[SiH](C)C. The third-order valence-corrected chi connectivity index (χ3v) is 19.4. The normalized spacial score (nSPS) is 12.9. The van der Waals surface area contributed by atoms with Crippen molar-refractivity contribution in [2.45, 2.75) is 118 Å². The third-order valence-electron chi connectivity index (χ3n) is 7.29. The Morgan fingerprint density at radius 3 is 0.837 bits per heavy atom. The van der Waals surface area contributed by atoms with Gasteiger partial charge in [0.25, 0.3) is 0 Å². The zero-order valence-electron chi connectivity index (χ0n) is 29.6. The van der Waals surface area contributed by atoms with Crippen molar-refractivity contribution in [2.75, 3.05) is 0 Å². The number of rotatable bonds is 9. The van der Waals surface area contributed by atoms with Crippen LogP contribution in [0.2, 0.25) is 39.3 Å².